The summed E-state index contributed by atoms with van der Waals surface area (Å²) in [5.41, 5.74) is 0. The van der Waals surface area contributed by atoms with Crippen molar-refractivity contribution in [1.82, 2.24) is 10.2 Å². The first-order valence-corrected chi connectivity index (χ1v) is 6.99. The smallest absolute Gasteiger partial charge is 0.226 e. The third-order valence-corrected chi connectivity index (χ3v) is 3.47. The number of benzene rings is 1. The number of halogens is 2. The maximum Gasteiger partial charge on any atom is 0.226 e. The molecule has 0 atom stereocenters. The van der Waals surface area contributed by atoms with Gasteiger partial charge < -0.3 is 15.0 Å². The van der Waals surface area contributed by atoms with Crippen LogP contribution in [-0.2, 0) is 4.79 Å². The van der Waals surface area contributed by atoms with Gasteiger partial charge >= 0.3 is 0 Å². The molecule has 1 aliphatic rings. The molecule has 2 rings (SSSR count). The molecule has 0 bridgehead atoms. The minimum atomic E-state index is 0.117. The van der Waals surface area contributed by atoms with Gasteiger partial charge in [-0.25, -0.2) is 0 Å². The molecule has 1 amide bonds. The summed E-state index contributed by atoms with van der Waals surface area (Å²) in [6.45, 7) is 3.57. The summed E-state index contributed by atoms with van der Waals surface area (Å²) in [5, 5.41) is 4.23. The molecule has 0 radical (unpaired) electrons. The van der Waals surface area contributed by atoms with Gasteiger partial charge in [0.2, 0.25) is 5.91 Å². The molecule has 1 fully saturated rings. The number of carbonyl (C=O) groups is 1. The van der Waals surface area contributed by atoms with E-state index in [1.165, 1.54) is 0 Å². The average Bonchev–Trinajstić information content (AvgIpc) is 2.42. The normalized spacial score (nSPS) is 15.4. The maximum atomic E-state index is 11.9. The number of hydrogen-bond donors (Lipinski definition) is 1. The summed E-state index contributed by atoms with van der Waals surface area (Å²) in [4.78, 5) is 13.7. The standard InChI is InChI=1S/C13H16Cl2N2O2/c14-10-1-2-12(11(15)9-10)19-8-3-13(18)17-6-4-16-5-7-17/h1-2,9,16H,3-8H2. The van der Waals surface area contributed by atoms with E-state index in [0.29, 0.717) is 28.8 Å². The van der Waals surface area contributed by atoms with Crippen molar-refractivity contribution in [2.45, 2.75) is 6.42 Å². The highest BCUT2D eigenvalue weighted by Gasteiger charge is 2.15. The number of ether oxygens (including phenoxy) is 1. The van der Waals surface area contributed by atoms with Crippen molar-refractivity contribution in [1.29, 1.82) is 0 Å². The Hall–Kier alpha value is -0.970. The van der Waals surface area contributed by atoms with E-state index in [9.17, 15) is 4.79 Å². The number of nitrogens with zero attached hydrogens (tertiary/aromatic N) is 1. The summed E-state index contributed by atoms with van der Waals surface area (Å²) in [7, 11) is 0. The lowest BCUT2D eigenvalue weighted by molar-refractivity contribution is -0.132. The third-order valence-electron chi connectivity index (χ3n) is 2.94. The van der Waals surface area contributed by atoms with Crippen molar-refractivity contribution < 1.29 is 9.53 Å². The molecule has 4 nitrogen and oxygen atoms in total. The number of rotatable bonds is 4. The molecular weight excluding hydrogens is 287 g/mol. The van der Waals surface area contributed by atoms with Gasteiger partial charge in [-0.2, -0.15) is 0 Å². The zero-order chi connectivity index (χ0) is 13.7. The van der Waals surface area contributed by atoms with Gasteiger partial charge in [-0.15, -0.1) is 0 Å². The van der Waals surface area contributed by atoms with Crippen LogP contribution in [0.1, 0.15) is 6.42 Å². The second kappa shape index (κ2) is 6.98. The quantitative estimate of drug-likeness (QED) is 0.927. The third kappa shape index (κ3) is 4.27. The first-order valence-electron chi connectivity index (χ1n) is 6.23. The highest BCUT2D eigenvalue weighted by Crippen LogP contribution is 2.27. The summed E-state index contributed by atoms with van der Waals surface area (Å²) in [6.07, 6.45) is 0.360. The topological polar surface area (TPSA) is 41.6 Å². The molecule has 1 aromatic carbocycles. The lowest BCUT2D eigenvalue weighted by Crippen LogP contribution is -2.46. The largest absolute Gasteiger partial charge is 0.491 e. The van der Waals surface area contributed by atoms with Crippen LogP contribution in [0.4, 0.5) is 0 Å². The molecule has 1 aliphatic heterocycles. The molecule has 1 N–H and O–H groups in total. The Morgan fingerprint density at radius 1 is 1.32 bits per heavy atom. The SMILES string of the molecule is O=C(CCOc1ccc(Cl)cc1Cl)N1CCNCC1. The average molecular weight is 303 g/mol. The van der Waals surface area contributed by atoms with Gasteiger partial charge in [-0.1, -0.05) is 23.2 Å². The zero-order valence-corrected chi connectivity index (χ0v) is 12.0. The van der Waals surface area contributed by atoms with Crippen molar-refractivity contribution in [2.75, 3.05) is 32.8 Å². The van der Waals surface area contributed by atoms with Crippen LogP contribution in [-0.4, -0.2) is 43.6 Å². The lowest BCUT2D eigenvalue weighted by atomic mass is 10.3. The number of hydrogen-bond acceptors (Lipinski definition) is 3. The van der Waals surface area contributed by atoms with E-state index in [1.54, 1.807) is 18.2 Å². The van der Waals surface area contributed by atoms with Gasteiger partial charge in [-0.3, -0.25) is 4.79 Å². The number of piperazine rings is 1. The molecule has 104 valence electrons. The second-order valence-corrected chi connectivity index (χ2v) is 5.15. The van der Waals surface area contributed by atoms with Crippen LogP contribution in [0, 0.1) is 0 Å². The molecule has 0 spiro atoms. The van der Waals surface area contributed by atoms with Gasteiger partial charge in [0.25, 0.3) is 0 Å². The van der Waals surface area contributed by atoms with E-state index in [4.69, 9.17) is 27.9 Å². The Morgan fingerprint density at radius 2 is 2.05 bits per heavy atom. The Labute approximate surface area is 122 Å². The fourth-order valence-corrected chi connectivity index (χ4v) is 2.38. The van der Waals surface area contributed by atoms with Crippen LogP contribution in [0.15, 0.2) is 18.2 Å². The molecule has 19 heavy (non-hydrogen) atoms. The van der Waals surface area contributed by atoms with E-state index >= 15 is 0 Å². The Kier molecular flexibility index (Phi) is 5.31. The molecule has 6 heteroatoms. The highest BCUT2D eigenvalue weighted by molar-refractivity contribution is 6.35. The van der Waals surface area contributed by atoms with E-state index in [1.807, 2.05) is 4.90 Å². The highest BCUT2D eigenvalue weighted by atomic mass is 35.5. The van der Waals surface area contributed by atoms with Crippen molar-refractivity contribution in [3.8, 4) is 5.75 Å². The minimum absolute atomic E-state index is 0.117. The molecule has 0 saturated carbocycles. The number of carbonyl (C=O) groups excluding carboxylic acids is 1. The van der Waals surface area contributed by atoms with Crippen LogP contribution in [0.5, 0.6) is 5.75 Å². The van der Waals surface area contributed by atoms with E-state index < -0.39 is 0 Å². The molecule has 0 aromatic heterocycles. The minimum Gasteiger partial charge on any atom is -0.491 e. The van der Waals surface area contributed by atoms with Gasteiger partial charge in [0, 0.05) is 31.2 Å². The number of nitrogens with one attached hydrogen (secondary N) is 1. The maximum absolute atomic E-state index is 11.9. The van der Waals surface area contributed by atoms with Crippen LogP contribution in [0.3, 0.4) is 0 Å². The second-order valence-electron chi connectivity index (χ2n) is 4.30. The molecule has 0 aliphatic carbocycles. The van der Waals surface area contributed by atoms with Crippen molar-refractivity contribution >= 4 is 29.1 Å². The first-order chi connectivity index (χ1) is 9.16. The van der Waals surface area contributed by atoms with Gasteiger partial charge in [0.15, 0.2) is 0 Å². The zero-order valence-electron chi connectivity index (χ0n) is 10.5. The molecule has 0 unspecified atom stereocenters. The fraction of sp³-hybridized carbons (Fsp3) is 0.462. The summed E-state index contributed by atoms with van der Waals surface area (Å²) in [5.74, 6) is 0.672. The summed E-state index contributed by atoms with van der Waals surface area (Å²) in [6, 6.07) is 5.04. The van der Waals surface area contributed by atoms with E-state index in [-0.39, 0.29) is 5.91 Å². The van der Waals surface area contributed by atoms with Crippen molar-refractivity contribution in [3.63, 3.8) is 0 Å². The molecular formula is C13H16Cl2N2O2. The van der Waals surface area contributed by atoms with Crippen LogP contribution >= 0.6 is 23.2 Å². The van der Waals surface area contributed by atoms with Crippen LogP contribution in [0.2, 0.25) is 10.0 Å². The Balaban J connectivity index is 1.78. The summed E-state index contributed by atoms with van der Waals surface area (Å²) >= 11 is 11.8. The van der Waals surface area contributed by atoms with Crippen LogP contribution in [0.25, 0.3) is 0 Å². The number of amides is 1. The fourth-order valence-electron chi connectivity index (χ4n) is 1.91. The van der Waals surface area contributed by atoms with Crippen molar-refractivity contribution in [3.05, 3.63) is 28.2 Å². The van der Waals surface area contributed by atoms with E-state index in [2.05, 4.69) is 5.32 Å². The first kappa shape index (κ1) is 14.4. The van der Waals surface area contributed by atoms with Gasteiger partial charge in [0.05, 0.1) is 18.1 Å². The predicted octanol–water partition coefficient (Wildman–Crippen LogP) is 2.19. The summed E-state index contributed by atoms with van der Waals surface area (Å²) < 4.78 is 5.50. The lowest BCUT2D eigenvalue weighted by Gasteiger charge is -2.27. The molecule has 1 aromatic rings. The van der Waals surface area contributed by atoms with Crippen LogP contribution < -0.4 is 10.1 Å². The Bertz CT molecular complexity index is 448. The van der Waals surface area contributed by atoms with Gasteiger partial charge in [0.1, 0.15) is 5.75 Å². The molecule has 1 saturated heterocycles. The Morgan fingerprint density at radius 3 is 2.74 bits per heavy atom. The molecule has 1 heterocycles. The monoisotopic (exact) mass is 302 g/mol. The predicted molar refractivity (Wildman–Crippen MR) is 76.0 cm³/mol. The van der Waals surface area contributed by atoms with Gasteiger partial charge in [-0.05, 0) is 18.2 Å². The van der Waals surface area contributed by atoms with Crippen molar-refractivity contribution in [2.24, 2.45) is 0 Å². The van der Waals surface area contributed by atoms with E-state index in [0.717, 1.165) is 26.2 Å².